The molecule has 1 saturated heterocycles. The van der Waals surface area contributed by atoms with Crippen LogP contribution in [0.2, 0.25) is 0 Å². The molecule has 2 atom stereocenters. The fraction of sp³-hybridized carbons (Fsp3) is 0.389. The van der Waals surface area contributed by atoms with E-state index in [0.717, 1.165) is 0 Å². The monoisotopic (exact) mass is 344 g/mol. The van der Waals surface area contributed by atoms with Crippen molar-refractivity contribution < 1.29 is 14.0 Å². The van der Waals surface area contributed by atoms with E-state index in [0.29, 0.717) is 30.6 Å². The fourth-order valence-electron chi connectivity index (χ4n) is 3.30. The molecular weight excluding hydrogens is 323 g/mol. The third-order valence-electron chi connectivity index (χ3n) is 4.61. The van der Waals surface area contributed by atoms with E-state index in [1.54, 1.807) is 36.3 Å². The maximum atomic E-state index is 13.6. The van der Waals surface area contributed by atoms with Gasteiger partial charge in [-0.1, -0.05) is 12.1 Å². The van der Waals surface area contributed by atoms with Crippen molar-refractivity contribution in [3.8, 4) is 0 Å². The average molecular weight is 344 g/mol. The zero-order valence-electron chi connectivity index (χ0n) is 14.3. The van der Waals surface area contributed by atoms with E-state index in [1.165, 1.54) is 17.0 Å². The minimum Gasteiger partial charge on any atom is -0.338 e. The predicted molar refractivity (Wildman–Crippen MR) is 91.2 cm³/mol. The Kier molecular flexibility index (Phi) is 4.83. The second-order valence-corrected chi connectivity index (χ2v) is 6.22. The highest BCUT2D eigenvalue weighted by molar-refractivity contribution is 5.94. The summed E-state index contributed by atoms with van der Waals surface area (Å²) in [4.78, 5) is 26.5. The molecule has 2 heterocycles. The quantitative estimate of drug-likeness (QED) is 0.927. The van der Waals surface area contributed by atoms with Crippen molar-refractivity contribution in [3.05, 3.63) is 48.0 Å². The van der Waals surface area contributed by atoms with Gasteiger partial charge in [-0.05, 0) is 31.0 Å². The molecule has 0 aliphatic carbocycles. The summed E-state index contributed by atoms with van der Waals surface area (Å²) >= 11 is 0. The highest BCUT2D eigenvalue weighted by atomic mass is 19.1. The molecule has 1 aliphatic rings. The predicted octanol–water partition coefficient (Wildman–Crippen LogP) is 2.59. The Balaban J connectivity index is 1.86. The first-order chi connectivity index (χ1) is 12.0. The van der Waals surface area contributed by atoms with Gasteiger partial charge in [0.15, 0.2) is 0 Å². The van der Waals surface area contributed by atoms with Crippen LogP contribution in [0.4, 0.5) is 10.1 Å². The Labute approximate surface area is 145 Å². The Morgan fingerprint density at radius 1 is 1.44 bits per heavy atom. The lowest BCUT2D eigenvalue weighted by Crippen LogP contribution is -2.44. The zero-order valence-corrected chi connectivity index (χ0v) is 14.3. The number of amides is 2. The summed E-state index contributed by atoms with van der Waals surface area (Å²) in [6.45, 7) is 2.67. The number of nitrogens with zero attached hydrogens (tertiary/aromatic N) is 3. The molecule has 2 aromatic rings. The highest BCUT2D eigenvalue weighted by Crippen LogP contribution is 2.36. The summed E-state index contributed by atoms with van der Waals surface area (Å²) in [5.41, 5.74) is 1.24. The van der Waals surface area contributed by atoms with Gasteiger partial charge in [0.05, 0.1) is 23.8 Å². The Morgan fingerprint density at radius 2 is 2.24 bits per heavy atom. The average Bonchev–Trinajstić information content (AvgIpc) is 3.04. The van der Waals surface area contributed by atoms with E-state index < -0.39 is 12.0 Å². The van der Waals surface area contributed by atoms with Crippen LogP contribution in [-0.2, 0) is 16.1 Å². The van der Waals surface area contributed by atoms with Gasteiger partial charge >= 0.3 is 0 Å². The molecule has 1 aromatic carbocycles. The van der Waals surface area contributed by atoms with Crippen molar-refractivity contribution in [2.45, 2.75) is 32.4 Å². The molecule has 0 saturated carbocycles. The Morgan fingerprint density at radius 3 is 2.92 bits per heavy atom. The number of hydrogen-bond donors (Lipinski definition) is 1. The minimum atomic E-state index is -0.488. The molecule has 1 aliphatic heterocycles. The third-order valence-corrected chi connectivity index (χ3v) is 4.61. The molecule has 7 heteroatoms. The topological polar surface area (TPSA) is 67.2 Å². The fourth-order valence-corrected chi connectivity index (χ4v) is 3.30. The molecule has 1 aromatic heterocycles. The third kappa shape index (κ3) is 3.55. The van der Waals surface area contributed by atoms with E-state index in [-0.39, 0.29) is 17.6 Å². The molecule has 132 valence electrons. The van der Waals surface area contributed by atoms with E-state index in [4.69, 9.17) is 0 Å². The van der Waals surface area contributed by atoms with E-state index in [2.05, 4.69) is 10.4 Å². The number of aryl methyl sites for hydroxylation is 1. The first kappa shape index (κ1) is 17.1. The van der Waals surface area contributed by atoms with Crippen LogP contribution in [0.3, 0.4) is 0 Å². The first-order valence-electron chi connectivity index (χ1n) is 8.34. The van der Waals surface area contributed by atoms with Crippen LogP contribution >= 0.6 is 0 Å². The minimum absolute atomic E-state index is 0.0443. The highest BCUT2D eigenvalue weighted by Gasteiger charge is 2.39. The normalized spacial score (nSPS) is 20.6. The van der Waals surface area contributed by atoms with Crippen LogP contribution in [0.15, 0.2) is 36.7 Å². The van der Waals surface area contributed by atoms with Crippen LogP contribution in [-0.4, -0.2) is 33.5 Å². The number of likely N-dealkylation sites (tertiary alicyclic amines) is 1. The summed E-state index contributed by atoms with van der Waals surface area (Å²) in [5, 5.41) is 7.00. The first-order valence-corrected chi connectivity index (χ1v) is 8.34. The van der Waals surface area contributed by atoms with Gasteiger partial charge in [0.25, 0.3) is 0 Å². The molecule has 0 bridgehead atoms. The zero-order chi connectivity index (χ0) is 18.0. The number of piperidine rings is 1. The molecule has 0 radical (unpaired) electrons. The van der Waals surface area contributed by atoms with Crippen LogP contribution in [0.1, 0.15) is 31.4 Å². The smallest absolute Gasteiger partial charge is 0.230 e. The SMILES string of the molecule is CCn1cc(NC(=O)[C@H]2CCC(=O)N(C)[C@@H]2c2cccc(F)c2)cn1. The largest absolute Gasteiger partial charge is 0.338 e. The van der Waals surface area contributed by atoms with Crippen molar-refractivity contribution in [3.63, 3.8) is 0 Å². The van der Waals surface area contributed by atoms with Crippen LogP contribution in [0.5, 0.6) is 0 Å². The maximum absolute atomic E-state index is 13.6. The van der Waals surface area contributed by atoms with Gasteiger partial charge in [0.1, 0.15) is 5.82 Å². The number of benzene rings is 1. The number of hydrogen-bond acceptors (Lipinski definition) is 3. The second-order valence-electron chi connectivity index (χ2n) is 6.22. The molecule has 6 nitrogen and oxygen atoms in total. The van der Waals surface area contributed by atoms with E-state index in [9.17, 15) is 14.0 Å². The summed E-state index contributed by atoms with van der Waals surface area (Å²) in [7, 11) is 1.66. The summed E-state index contributed by atoms with van der Waals surface area (Å²) in [6, 6.07) is 5.59. The van der Waals surface area contributed by atoms with Gasteiger partial charge in [0.2, 0.25) is 11.8 Å². The number of halogens is 1. The van der Waals surface area contributed by atoms with Crippen LogP contribution in [0, 0.1) is 11.7 Å². The Hall–Kier alpha value is -2.70. The number of carbonyl (C=O) groups is 2. The molecule has 0 spiro atoms. The molecule has 3 rings (SSSR count). The maximum Gasteiger partial charge on any atom is 0.230 e. The van der Waals surface area contributed by atoms with Gasteiger partial charge < -0.3 is 10.2 Å². The van der Waals surface area contributed by atoms with Gasteiger partial charge in [-0.15, -0.1) is 0 Å². The van der Waals surface area contributed by atoms with Crippen molar-refractivity contribution in [1.29, 1.82) is 0 Å². The lowest BCUT2D eigenvalue weighted by molar-refractivity contribution is -0.140. The Bertz CT molecular complexity index is 789. The van der Waals surface area contributed by atoms with Crippen molar-refractivity contribution in [2.75, 3.05) is 12.4 Å². The lowest BCUT2D eigenvalue weighted by Gasteiger charge is -2.38. The standard InChI is InChI=1S/C18H21FN4O2/c1-3-23-11-14(10-20-23)21-18(25)15-7-8-16(24)22(2)17(15)12-5-4-6-13(19)9-12/h4-6,9-11,15,17H,3,7-8H2,1-2H3,(H,21,25)/t15-,17+/m0/s1. The van der Waals surface area contributed by atoms with Crippen molar-refractivity contribution in [2.24, 2.45) is 5.92 Å². The van der Waals surface area contributed by atoms with Gasteiger partial charge in [-0.25, -0.2) is 4.39 Å². The molecular formula is C18H21FN4O2. The van der Waals surface area contributed by atoms with Crippen LogP contribution < -0.4 is 5.32 Å². The number of nitrogens with one attached hydrogen (secondary N) is 1. The van der Waals surface area contributed by atoms with E-state index in [1.807, 2.05) is 6.92 Å². The molecule has 1 fully saturated rings. The number of carbonyl (C=O) groups excluding carboxylic acids is 2. The number of anilines is 1. The number of rotatable bonds is 4. The lowest BCUT2D eigenvalue weighted by atomic mass is 9.84. The molecule has 1 N–H and O–H groups in total. The van der Waals surface area contributed by atoms with E-state index >= 15 is 0 Å². The molecule has 2 amide bonds. The van der Waals surface area contributed by atoms with Crippen LogP contribution in [0.25, 0.3) is 0 Å². The van der Waals surface area contributed by atoms with Gasteiger partial charge in [-0.3, -0.25) is 14.3 Å². The van der Waals surface area contributed by atoms with Gasteiger partial charge in [-0.2, -0.15) is 5.10 Å². The van der Waals surface area contributed by atoms with Gasteiger partial charge in [0, 0.05) is 26.2 Å². The molecule has 0 unspecified atom stereocenters. The molecule has 25 heavy (non-hydrogen) atoms. The van der Waals surface area contributed by atoms with Crippen molar-refractivity contribution in [1.82, 2.24) is 14.7 Å². The second kappa shape index (κ2) is 7.04. The summed E-state index contributed by atoms with van der Waals surface area (Å²) in [5.74, 6) is -1.07. The van der Waals surface area contributed by atoms with Crippen molar-refractivity contribution >= 4 is 17.5 Å². The summed E-state index contributed by atoms with van der Waals surface area (Å²) in [6.07, 6.45) is 4.08. The summed E-state index contributed by atoms with van der Waals surface area (Å²) < 4.78 is 15.4. The number of aromatic nitrogens is 2.